The van der Waals surface area contributed by atoms with Gasteiger partial charge in [-0.25, -0.2) is 0 Å². The van der Waals surface area contributed by atoms with E-state index in [9.17, 15) is 9.59 Å². The Balaban J connectivity index is 4.34. The molecule has 0 heterocycles. The lowest BCUT2D eigenvalue weighted by Gasteiger charge is -2.14. The molecule has 0 aliphatic carbocycles. The van der Waals surface area contributed by atoms with Gasteiger partial charge in [0.15, 0.2) is 11.8 Å². The molecule has 0 fully saturated rings. The molecular formula is C10H17NO3. The fourth-order valence-corrected chi connectivity index (χ4v) is 1.13. The average Bonchev–Trinajstić information content (AvgIpc) is 2.14. The fraction of sp³-hybridized carbons (Fsp3) is 0.600. The van der Waals surface area contributed by atoms with E-state index in [4.69, 9.17) is 5.11 Å². The van der Waals surface area contributed by atoms with Gasteiger partial charge in [0.2, 0.25) is 0 Å². The predicted molar refractivity (Wildman–Crippen MR) is 54.1 cm³/mol. The first kappa shape index (κ1) is 12.8. The van der Waals surface area contributed by atoms with Crippen molar-refractivity contribution in [2.75, 3.05) is 7.05 Å². The van der Waals surface area contributed by atoms with E-state index in [0.717, 1.165) is 0 Å². The van der Waals surface area contributed by atoms with Gasteiger partial charge in [-0.15, -0.1) is 0 Å². The van der Waals surface area contributed by atoms with E-state index in [-0.39, 0.29) is 11.7 Å². The maximum Gasteiger partial charge on any atom is 0.328 e. The molecule has 0 aromatic heterocycles. The molecule has 80 valence electrons. The van der Waals surface area contributed by atoms with E-state index in [0.29, 0.717) is 6.42 Å². The maximum atomic E-state index is 11.5. The number of Topliss-reactive ketones (excluding diaryl/α,β-unsaturated/α-hetero) is 1. The third-order valence-electron chi connectivity index (χ3n) is 2.03. The first-order valence-corrected chi connectivity index (χ1v) is 4.59. The topological polar surface area (TPSA) is 66.4 Å². The second-order valence-electron chi connectivity index (χ2n) is 3.17. The smallest absolute Gasteiger partial charge is 0.328 e. The molecule has 2 unspecified atom stereocenters. The molecule has 2 N–H and O–H groups in total. The summed E-state index contributed by atoms with van der Waals surface area (Å²) in [6.45, 7) is 3.60. The maximum absolute atomic E-state index is 11.5. The van der Waals surface area contributed by atoms with Crippen molar-refractivity contribution >= 4 is 11.8 Å². The van der Waals surface area contributed by atoms with Crippen LogP contribution < -0.4 is 5.32 Å². The molecule has 0 aromatic rings. The lowest BCUT2D eigenvalue weighted by atomic mass is 9.96. The standard InChI is InChI=1S/C10H17NO3/c1-4-5-6-7(2)9(12)8(11-3)10(13)14/h4-5,7-8,11H,6H2,1-3H3,(H,13,14). The van der Waals surface area contributed by atoms with Crippen molar-refractivity contribution in [2.45, 2.75) is 26.3 Å². The van der Waals surface area contributed by atoms with Gasteiger partial charge < -0.3 is 10.4 Å². The highest BCUT2D eigenvalue weighted by molar-refractivity contribution is 6.03. The van der Waals surface area contributed by atoms with Crippen molar-refractivity contribution in [2.24, 2.45) is 5.92 Å². The molecule has 0 radical (unpaired) electrons. The lowest BCUT2D eigenvalue weighted by Crippen LogP contribution is -2.43. The quantitative estimate of drug-likeness (QED) is 0.491. The van der Waals surface area contributed by atoms with Crippen LogP contribution in [0.25, 0.3) is 0 Å². The molecule has 0 aliphatic rings. The summed E-state index contributed by atoms with van der Waals surface area (Å²) in [5.41, 5.74) is 0. The van der Waals surface area contributed by atoms with Gasteiger partial charge in [-0.1, -0.05) is 19.1 Å². The van der Waals surface area contributed by atoms with Crippen LogP contribution in [0.3, 0.4) is 0 Å². The Hall–Kier alpha value is -1.16. The van der Waals surface area contributed by atoms with Crippen LogP contribution in [-0.2, 0) is 9.59 Å². The van der Waals surface area contributed by atoms with Gasteiger partial charge in [0.05, 0.1) is 0 Å². The van der Waals surface area contributed by atoms with Gasteiger partial charge in [0.1, 0.15) is 0 Å². The Morgan fingerprint density at radius 3 is 2.43 bits per heavy atom. The number of carbonyl (C=O) groups is 2. The number of nitrogens with one attached hydrogen (secondary N) is 1. The van der Waals surface area contributed by atoms with Crippen LogP contribution in [0.2, 0.25) is 0 Å². The van der Waals surface area contributed by atoms with E-state index >= 15 is 0 Å². The molecule has 0 spiro atoms. The number of allylic oxidation sites excluding steroid dienone is 2. The summed E-state index contributed by atoms with van der Waals surface area (Å²) in [5.74, 6) is -1.66. The fourth-order valence-electron chi connectivity index (χ4n) is 1.13. The molecule has 0 aromatic carbocycles. The summed E-state index contributed by atoms with van der Waals surface area (Å²) < 4.78 is 0. The van der Waals surface area contributed by atoms with Crippen LogP contribution in [-0.4, -0.2) is 29.9 Å². The summed E-state index contributed by atoms with van der Waals surface area (Å²) in [4.78, 5) is 22.2. The molecule has 0 bridgehead atoms. The Labute approximate surface area is 84.0 Å². The Morgan fingerprint density at radius 2 is 2.07 bits per heavy atom. The molecule has 0 rings (SSSR count). The van der Waals surface area contributed by atoms with Gasteiger partial charge in [-0.2, -0.15) is 0 Å². The third kappa shape index (κ3) is 3.70. The van der Waals surface area contributed by atoms with Crippen molar-refractivity contribution in [3.63, 3.8) is 0 Å². The first-order valence-electron chi connectivity index (χ1n) is 4.59. The number of carbonyl (C=O) groups excluding carboxylic acids is 1. The zero-order valence-electron chi connectivity index (χ0n) is 8.78. The van der Waals surface area contributed by atoms with E-state index < -0.39 is 12.0 Å². The number of aliphatic carboxylic acids is 1. The summed E-state index contributed by atoms with van der Waals surface area (Å²) in [7, 11) is 1.47. The number of ketones is 1. The Kier molecular flexibility index (Phi) is 5.79. The van der Waals surface area contributed by atoms with Gasteiger partial charge in [0.25, 0.3) is 0 Å². The van der Waals surface area contributed by atoms with Crippen LogP contribution in [0.15, 0.2) is 12.2 Å². The highest BCUT2D eigenvalue weighted by atomic mass is 16.4. The first-order chi connectivity index (χ1) is 6.54. The van der Waals surface area contributed by atoms with E-state index in [1.807, 2.05) is 19.1 Å². The lowest BCUT2D eigenvalue weighted by molar-refractivity contribution is -0.144. The van der Waals surface area contributed by atoms with Crippen molar-refractivity contribution in [3.05, 3.63) is 12.2 Å². The van der Waals surface area contributed by atoms with Crippen LogP contribution >= 0.6 is 0 Å². The summed E-state index contributed by atoms with van der Waals surface area (Å²) in [5, 5.41) is 11.2. The van der Waals surface area contributed by atoms with Crippen LogP contribution in [0, 0.1) is 5.92 Å². The minimum Gasteiger partial charge on any atom is -0.480 e. The van der Waals surface area contributed by atoms with Gasteiger partial charge in [-0.3, -0.25) is 9.59 Å². The largest absolute Gasteiger partial charge is 0.480 e. The third-order valence-corrected chi connectivity index (χ3v) is 2.03. The second kappa shape index (κ2) is 6.32. The van der Waals surface area contributed by atoms with E-state index in [1.165, 1.54) is 7.05 Å². The van der Waals surface area contributed by atoms with E-state index in [1.54, 1.807) is 6.92 Å². The Bertz CT molecular complexity index is 236. The minimum absolute atomic E-state index is 0.264. The second-order valence-corrected chi connectivity index (χ2v) is 3.17. The molecule has 4 heteroatoms. The number of likely N-dealkylation sites (N-methyl/N-ethyl adjacent to an activating group) is 1. The van der Waals surface area contributed by atoms with Crippen LogP contribution in [0.1, 0.15) is 20.3 Å². The molecule has 0 saturated heterocycles. The highest BCUT2D eigenvalue weighted by Gasteiger charge is 2.27. The van der Waals surface area contributed by atoms with E-state index in [2.05, 4.69) is 5.32 Å². The molecule has 2 atom stereocenters. The molecule has 0 saturated carbocycles. The molecule has 0 aliphatic heterocycles. The van der Waals surface area contributed by atoms with Crippen molar-refractivity contribution in [3.8, 4) is 0 Å². The molecule has 0 amide bonds. The molecular weight excluding hydrogens is 182 g/mol. The number of hydrogen-bond acceptors (Lipinski definition) is 3. The SMILES string of the molecule is CC=CCC(C)C(=O)C(NC)C(=O)O. The van der Waals surface area contributed by atoms with Crippen molar-refractivity contribution in [1.29, 1.82) is 0 Å². The number of rotatable bonds is 6. The van der Waals surface area contributed by atoms with Crippen molar-refractivity contribution in [1.82, 2.24) is 5.32 Å². The van der Waals surface area contributed by atoms with Crippen molar-refractivity contribution < 1.29 is 14.7 Å². The van der Waals surface area contributed by atoms with Gasteiger partial charge in [0, 0.05) is 5.92 Å². The normalized spacial score (nSPS) is 15.4. The number of carboxylic acid groups (broad SMARTS) is 1. The van der Waals surface area contributed by atoms with Crippen LogP contribution in [0.5, 0.6) is 0 Å². The summed E-state index contributed by atoms with van der Waals surface area (Å²) in [6, 6.07) is -1.09. The molecule has 14 heavy (non-hydrogen) atoms. The molecule has 4 nitrogen and oxygen atoms in total. The highest BCUT2D eigenvalue weighted by Crippen LogP contribution is 2.07. The van der Waals surface area contributed by atoms with Gasteiger partial charge >= 0.3 is 5.97 Å². The summed E-state index contributed by atoms with van der Waals surface area (Å²) >= 11 is 0. The van der Waals surface area contributed by atoms with Crippen LogP contribution in [0.4, 0.5) is 0 Å². The monoisotopic (exact) mass is 199 g/mol. The predicted octanol–water partition coefficient (Wildman–Crippen LogP) is 0.830. The number of carboxylic acids is 1. The minimum atomic E-state index is -1.12. The zero-order valence-corrected chi connectivity index (χ0v) is 8.78. The Morgan fingerprint density at radius 1 is 1.50 bits per heavy atom. The summed E-state index contributed by atoms with van der Waals surface area (Å²) in [6.07, 6.45) is 4.29. The average molecular weight is 199 g/mol. The van der Waals surface area contributed by atoms with Gasteiger partial charge in [-0.05, 0) is 20.4 Å². The zero-order chi connectivity index (χ0) is 11.1. The number of hydrogen-bond donors (Lipinski definition) is 2.